The van der Waals surface area contributed by atoms with Crippen LogP contribution in [0.4, 0.5) is 0 Å². The smallest absolute Gasteiger partial charge is 0.106 e. The van der Waals surface area contributed by atoms with Crippen LogP contribution < -0.4 is 0 Å². The van der Waals surface area contributed by atoms with Gasteiger partial charge in [-0.3, -0.25) is 0 Å². The maximum atomic E-state index is 9.80. The van der Waals surface area contributed by atoms with Gasteiger partial charge < -0.3 is 14.9 Å². The molecule has 0 saturated heterocycles. The highest BCUT2D eigenvalue weighted by Gasteiger charge is 2.23. The standard InChI is InChI=1S/C14H18O3/c15-10-14(11-6-2-1-3-7-11)17-13-9-5-4-8-12(13)16/h1-3,5-7,9,12-16H,4,8,10H2/t12-,13+,14-/m0/s1. The van der Waals surface area contributed by atoms with Gasteiger partial charge in [0.1, 0.15) is 12.2 Å². The van der Waals surface area contributed by atoms with E-state index in [1.165, 1.54) is 0 Å². The minimum absolute atomic E-state index is 0.0823. The fraction of sp³-hybridized carbons (Fsp3) is 0.429. The maximum Gasteiger partial charge on any atom is 0.106 e. The maximum absolute atomic E-state index is 9.80. The first-order chi connectivity index (χ1) is 8.31. The second kappa shape index (κ2) is 5.96. The number of ether oxygens (including phenoxy) is 1. The monoisotopic (exact) mass is 234 g/mol. The molecule has 3 atom stereocenters. The Hall–Kier alpha value is -1.16. The van der Waals surface area contributed by atoms with E-state index in [-0.39, 0.29) is 18.8 Å². The van der Waals surface area contributed by atoms with E-state index in [1.807, 2.05) is 42.5 Å². The van der Waals surface area contributed by atoms with E-state index in [0.29, 0.717) is 6.42 Å². The van der Waals surface area contributed by atoms with E-state index >= 15 is 0 Å². The van der Waals surface area contributed by atoms with Gasteiger partial charge in [0.15, 0.2) is 0 Å². The van der Waals surface area contributed by atoms with Gasteiger partial charge in [0, 0.05) is 0 Å². The van der Waals surface area contributed by atoms with E-state index in [4.69, 9.17) is 4.74 Å². The number of rotatable bonds is 4. The van der Waals surface area contributed by atoms with Gasteiger partial charge in [-0.2, -0.15) is 0 Å². The summed E-state index contributed by atoms with van der Waals surface area (Å²) >= 11 is 0. The molecule has 92 valence electrons. The van der Waals surface area contributed by atoms with Crippen molar-refractivity contribution in [1.29, 1.82) is 0 Å². The highest BCUT2D eigenvalue weighted by Crippen LogP contribution is 2.23. The van der Waals surface area contributed by atoms with Crippen LogP contribution >= 0.6 is 0 Å². The van der Waals surface area contributed by atoms with Gasteiger partial charge in [-0.05, 0) is 18.4 Å². The average molecular weight is 234 g/mol. The molecule has 0 aromatic heterocycles. The topological polar surface area (TPSA) is 49.7 Å². The van der Waals surface area contributed by atoms with Gasteiger partial charge in [0.25, 0.3) is 0 Å². The summed E-state index contributed by atoms with van der Waals surface area (Å²) in [5, 5.41) is 19.2. The second-order valence-corrected chi connectivity index (χ2v) is 4.26. The molecule has 1 aliphatic carbocycles. The lowest BCUT2D eigenvalue weighted by Crippen LogP contribution is -2.31. The Bertz CT molecular complexity index is 361. The van der Waals surface area contributed by atoms with Crippen LogP contribution in [0.2, 0.25) is 0 Å². The normalized spacial score (nSPS) is 25.8. The van der Waals surface area contributed by atoms with Gasteiger partial charge in [-0.15, -0.1) is 0 Å². The van der Waals surface area contributed by atoms with E-state index in [2.05, 4.69) is 0 Å². The first-order valence-corrected chi connectivity index (χ1v) is 5.97. The highest BCUT2D eigenvalue weighted by atomic mass is 16.5. The summed E-state index contributed by atoms with van der Waals surface area (Å²) in [4.78, 5) is 0. The Balaban J connectivity index is 2.05. The van der Waals surface area contributed by atoms with Crippen molar-refractivity contribution in [2.75, 3.05) is 6.61 Å². The third-order valence-corrected chi connectivity index (χ3v) is 2.99. The zero-order valence-electron chi connectivity index (χ0n) is 9.70. The van der Waals surface area contributed by atoms with E-state index < -0.39 is 6.10 Å². The predicted octanol–water partition coefficient (Wildman–Crippen LogP) is 1.82. The Morgan fingerprint density at radius 3 is 2.71 bits per heavy atom. The zero-order valence-corrected chi connectivity index (χ0v) is 9.70. The quantitative estimate of drug-likeness (QED) is 0.781. The number of aliphatic hydroxyl groups excluding tert-OH is 2. The molecule has 2 N–H and O–H groups in total. The van der Waals surface area contributed by atoms with Crippen LogP contribution in [0.1, 0.15) is 24.5 Å². The first kappa shape index (κ1) is 12.3. The lowest BCUT2D eigenvalue weighted by Gasteiger charge is -2.27. The van der Waals surface area contributed by atoms with Crippen LogP contribution in [0.15, 0.2) is 42.5 Å². The van der Waals surface area contributed by atoms with Crippen LogP contribution in [0, 0.1) is 0 Å². The minimum atomic E-state index is -0.474. The van der Waals surface area contributed by atoms with Crippen LogP contribution in [0.3, 0.4) is 0 Å². The molecule has 1 aromatic carbocycles. The molecule has 2 rings (SSSR count). The molecule has 3 heteroatoms. The van der Waals surface area contributed by atoms with Gasteiger partial charge in [0.2, 0.25) is 0 Å². The number of hydrogen-bond acceptors (Lipinski definition) is 3. The number of allylic oxidation sites excluding steroid dienone is 1. The van der Waals surface area contributed by atoms with E-state index in [9.17, 15) is 10.2 Å². The number of aliphatic hydroxyl groups is 2. The minimum Gasteiger partial charge on any atom is -0.393 e. The van der Waals surface area contributed by atoms with Gasteiger partial charge >= 0.3 is 0 Å². The van der Waals surface area contributed by atoms with Crippen molar-refractivity contribution in [3.8, 4) is 0 Å². The largest absolute Gasteiger partial charge is 0.393 e. The predicted molar refractivity (Wildman–Crippen MR) is 65.5 cm³/mol. The van der Waals surface area contributed by atoms with E-state index in [1.54, 1.807) is 0 Å². The molecule has 0 bridgehead atoms. The molecule has 0 amide bonds. The molecule has 1 aromatic rings. The summed E-state index contributed by atoms with van der Waals surface area (Å²) < 4.78 is 5.75. The fourth-order valence-corrected chi connectivity index (χ4v) is 2.01. The SMILES string of the molecule is OC[C@H](O[C@@H]1C=CCC[C@@H]1O)c1ccccc1. The lowest BCUT2D eigenvalue weighted by atomic mass is 10.0. The molecule has 0 heterocycles. The average Bonchev–Trinajstić information content (AvgIpc) is 2.39. The van der Waals surface area contributed by atoms with Gasteiger partial charge in [-0.25, -0.2) is 0 Å². The molecule has 1 aliphatic rings. The third kappa shape index (κ3) is 3.16. The summed E-state index contributed by atoms with van der Waals surface area (Å²) in [5.74, 6) is 0. The second-order valence-electron chi connectivity index (χ2n) is 4.26. The number of benzene rings is 1. The van der Waals surface area contributed by atoms with Crippen molar-refractivity contribution in [3.63, 3.8) is 0 Å². The fourth-order valence-electron chi connectivity index (χ4n) is 2.01. The van der Waals surface area contributed by atoms with Crippen molar-refractivity contribution in [2.24, 2.45) is 0 Å². The van der Waals surface area contributed by atoms with Crippen LogP contribution in [0.5, 0.6) is 0 Å². The molecule has 3 nitrogen and oxygen atoms in total. The van der Waals surface area contributed by atoms with Crippen molar-refractivity contribution in [3.05, 3.63) is 48.0 Å². The van der Waals surface area contributed by atoms with Crippen molar-refractivity contribution >= 4 is 0 Å². The van der Waals surface area contributed by atoms with E-state index in [0.717, 1.165) is 12.0 Å². The summed E-state index contributed by atoms with van der Waals surface area (Å²) in [5.41, 5.74) is 0.932. The van der Waals surface area contributed by atoms with Gasteiger partial charge in [0.05, 0.1) is 12.7 Å². The van der Waals surface area contributed by atoms with Crippen LogP contribution in [-0.4, -0.2) is 29.0 Å². The summed E-state index contributed by atoms with van der Waals surface area (Å²) in [6, 6.07) is 9.58. The molecule has 0 fully saturated rings. The van der Waals surface area contributed by atoms with Gasteiger partial charge in [-0.1, -0.05) is 42.5 Å². The summed E-state index contributed by atoms with van der Waals surface area (Å²) in [7, 11) is 0. The molecular weight excluding hydrogens is 216 g/mol. The highest BCUT2D eigenvalue weighted by molar-refractivity contribution is 5.18. The molecule has 0 unspecified atom stereocenters. The zero-order chi connectivity index (χ0) is 12.1. The molecule has 0 aliphatic heterocycles. The van der Waals surface area contributed by atoms with Crippen LogP contribution in [0.25, 0.3) is 0 Å². The molecular formula is C14H18O3. The van der Waals surface area contributed by atoms with Crippen molar-refractivity contribution < 1.29 is 14.9 Å². The Kier molecular flexibility index (Phi) is 4.31. The molecule has 0 spiro atoms. The van der Waals surface area contributed by atoms with Crippen molar-refractivity contribution in [2.45, 2.75) is 31.2 Å². The number of hydrogen-bond donors (Lipinski definition) is 2. The molecule has 0 radical (unpaired) electrons. The Labute approximate surface area is 101 Å². The van der Waals surface area contributed by atoms with Crippen LogP contribution in [-0.2, 0) is 4.74 Å². The Morgan fingerprint density at radius 2 is 2.06 bits per heavy atom. The third-order valence-electron chi connectivity index (χ3n) is 2.99. The van der Waals surface area contributed by atoms with Crippen molar-refractivity contribution in [1.82, 2.24) is 0 Å². The lowest BCUT2D eigenvalue weighted by molar-refractivity contribution is -0.0757. The molecule has 0 saturated carbocycles. The first-order valence-electron chi connectivity index (χ1n) is 5.97. The summed E-state index contributed by atoms with van der Waals surface area (Å²) in [6.07, 6.45) is 4.32. The summed E-state index contributed by atoms with van der Waals surface area (Å²) in [6.45, 7) is -0.0823. The molecule has 17 heavy (non-hydrogen) atoms. The Morgan fingerprint density at radius 1 is 1.29 bits per heavy atom.